The van der Waals surface area contributed by atoms with Crippen LogP contribution in [0.1, 0.15) is 24.3 Å². The van der Waals surface area contributed by atoms with Gasteiger partial charge in [-0.15, -0.1) is 0 Å². The molecule has 0 amide bonds. The van der Waals surface area contributed by atoms with Crippen LogP contribution in [0.2, 0.25) is 10.2 Å². The topological polar surface area (TPSA) is 25.2 Å². The summed E-state index contributed by atoms with van der Waals surface area (Å²) in [5.41, 5.74) is 1.08. The van der Waals surface area contributed by atoms with E-state index in [1.54, 1.807) is 6.07 Å². The van der Waals surface area contributed by atoms with Gasteiger partial charge in [0.2, 0.25) is 0 Å². The van der Waals surface area contributed by atoms with Crippen LogP contribution in [0.25, 0.3) is 0 Å². The van der Waals surface area contributed by atoms with Gasteiger partial charge in [0.1, 0.15) is 5.76 Å². The van der Waals surface area contributed by atoms with Crippen LogP contribution in [0, 0.1) is 0 Å². The van der Waals surface area contributed by atoms with E-state index >= 15 is 0 Å². The van der Waals surface area contributed by atoms with Gasteiger partial charge in [-0.25, -0.2) is 0 Å². The molecule has 17 heavy (non-hydrogen) atoms. The van der Waals surface area contributed by atoms with E-state index in [9.17, 15) is 0 Å². The van der Waals surface area contributed by atoms with Crippen LogP contribution in [0.15, 0.2) is 40.8 Å². The summed E-state index contributed by atoms with van der Waals surface area (Å²) in [5, 5.41) is 4.51. The standard InChI is InChI=1S/C13H13Cl2NO/c1-9(11-4-2-3-5-12(11)14)16-8-10-6-7-13(15)17-10/h2-7,9,16H,8H2,1H3/t9-/m1/s1. The average molecular weight is 270 g/mol. The highest BCUT2D eigenvalue weighted by Crippen LogP contribution is 2.22. The van der Waals surface area contributed by atoms with Crippen LogP contribution in [0.4, 0.5) is 0 Å². The van der Waals surface area contributed by atoms with E-state index in [0.29, 0.717) is 11.8 Å². The summed E-state index contributed by atoms with van der Waals surface area (Å²) in [5.74, 6) is 0.814. The fraction of sp³-hybridized carbons (Fsp3) is 0.231. The Morgan fingerprint density at radius 1 is 1.18 bits per heavy atom. The SMILES string of the molecule is C[C@@H](NCc1ccc(Cl)o1)c1ccccc1Cl. The molecule has 1 aromatic carbocycles. The molecule has 1 heterocycles. The molecule has 0 radical (unpaired) electrons. The fourth-order valence-corrected chi connectivity index (χ4v) is 2.10. The second kappa shape index (κ2) is 5.58. The molecule has 0 aliphatic rings. The van der Waals surface area contributed by atoms with Crippen molar-refractivity contribution in [3.8, 4) is 0 Å². The molecular formula is C13H13Cl2NO. The molecule has 0 aliphatic carbocycles. The van der Waals surface area contributed by atoms with Gasteiger partial charge in [0, 0.05) is 11.1 Å². The summed E-state index contributed by atoms with van der Waals surface area (Å²) >= 11 is 11.8. The smallest absolute Gasteiger partial charge is 0.193 e. The maximum atomic E-state index is 6.12. The van der Waals surface area contributed by atoms with Crippen molar-refractivity contribution in [2.45, 2.75) is 19.5 Å². The third-order valence-electron chi connectivity index (χ3n) is 2.58. The molecule has 0 aliphatic heterocycles. The average Bonchev–Trinajstić information content (AvgIpc) is 2.73. The molecule has 0 bridgehead atoms. The highest BCUT2D eigenvalue weighted by Gasteiger charge is 2.09. The Balaban J connectivity index is 1.98. The Bertz CT molecular complexity index is 496. The van der Waals surface area contributed by atoms with Crippen molar-refractivity contribution in [1.29, 1.82) is 0 Å². The predicted octanol–water partition coefficient (Wildman–Crippen LogP) is 4.44. The van der Waals surface area contributed by atoms with Crippen molar-refractivity contribution >= 4 is 23.2 Å². The molecule has 1 atom stereocenters. The number of halogens is 2. The highest BCUT2D eigenvalue weighted by molar-refractivity contribution is 6.31. The van der Waals surface area contributed by atoms with E-state index in [1.165, 1.54) is 0 Å². The van der Waals surface area contributed by atoms with Crippen LogP contribution >= 0.6 is 23.2 Å². The first-order valence-electron chi connectivity index (χ1n) is 5.39. The summed E-state index contributed by atoms with van der Waals surface area (Å²) in [4.78, 5) is 0. The highest BCUT2D eigenvalue weighted by atomic mass is 35.5. The van der Waals surface area contributed by atoms with E-state index in [-0.39, 0.29) is 6.04 Å². The summed E-state index contributed by atoms with van der Waals surface area (Å²) in [6.07, 6.45) is 0. The number of nitrogens with one attached hydrogen (secondary N) is 1. The monoisotopic (exact) mass is 269 g/mol. The molecule has 2 nitrogen and oxygen atoms in total. The van der Waals surface area contributed by atoms with E-state index < -0.39 is 0 Å². The van der Waals surface area contributed by atoms with E-state index in [0.717, 1.165) is 16.3 Å². The number of hydrogen-bond acceptors (Lipinski definition) is 2. The zero-order chi connectivity index (χ0) is 12.3. The summed E-state index contributed by atoms with van der Waals surface area (Å²) in [6, 6.07) is 11.5. The second-order valence-electron chi connectivity index (χ2n) is 3.83. The van der Waals surface area contributed by atoms with Gasteiger partial charge in [-0.3, -0.25) is 0 Å². The molecule has 90 valence electrons. The number of hydrogen-bond donors (Lipinski definition) is 1. The zero-order valence-corrected chi connectivity index (χ0v) is 10.9. The maximum Gasteiger partial charge on any atom is 0.193 e. The number of furan rings is 1. The molecule has 0 fully saturated rings. The Kier molecular flexibility index (Phi) is 4.11. The van der Waals surface area contributed by atoms with Gasteiger partial charge in [0.15, 0.2) is 5.22 Å². The van der Waals surface area contributed by atoms with Crippen LogP contribution < -0.4 is 5.32 Å². The first-order chi connectivity index (χ1) is 8.16. The largest absolute Gasteiger partial charge is 0.448 e. The molecule has 0 unspecified atom stereocenters. The predicted molar refractivity (Wildman–Crippen MR) is 70.4 cm³/mol. The van der Waals surface area contributed by atoms with Crippen molar-refractivity contribution in [3.05, 3.63) is 58.0 Å². The minimum Gasteiger partial charge on any atom is -0.448 e. The molecule has 2 aromatic rings. The molecule has 1 N–H and O–H groups in total. The number of rotatable bonds is 4. The third kappa shape index (κ3) is 3.25. The lowest BCUT2D eigenvalue weighted by Crippen LogP contribution is -2.17. The van der Waals surface area contributed by atoms with Crippen LogP contribution in [0.5, 0.6) is 0 Å². The quantitative estimate of drug-likeness (QED) is 0.888. The van der Waals surface area contributed by atoms with Crippen molar-refractivity contribution in [2.75, 3.05) is 0 Å². The van der Waals surface area contributed by atoms with Gasteiger partial charge in [0.05, 0.1) is 6.54 Å². The second-order valence-corrected chi connectivity index (χ2v) is 4.61. The minimum atomic E-state index is 0.160. The molecule has 0 saturated carbocycles. The van der Waals surface area contributed by atoms with Gasteiger partial charge < -0.3 is 9.73 Å². The van der Waals surface area contributed by atoms with E-state index in [2.05, 4.69) is 12.2 Å². The number of benzene rings is 1. The maximum absolute atomic E-state index is 6.12. The minimum absolute atomic E-state index is 0.160. The van der Waals surface area contributed by atoms with Crippen molar-refractivity contribution in [1.82, 2.24) is 5.32 Å². The van der Waals surface area contributed by atoms with Gasteiger partial charge in [-0.05, 0) is 42.3 Å². The van der Waals surface area contributed by atoms with Crippen LogP contribution in [-0.2, 0) is 6.54 Å². The van der Waals surface area contributed by atoms with E-state index in [1.807, 2.05) is 30.3 Å². The van der Waals surface area contributed by atoms with Gasteiger partial charge in [-0.2, -0.15) is 0 Å². The lowest BCUT2D eigenvalue weighted by molar-refractivity contribution is 0.462. The Morgan fingerprint density at radius 3 is 2.59 bits per heavy atom. The zero-order valence-electron chi connectivity index (χ0n) is 9.41. The van der Waals surface area contributed by atoms with Gasteiger partial charge in [0.25, 0.3) is 0 Å². The summed E-state index contributed by atoms with van der Waals surface area (Å²) in [7, 11) is 0. The first kappa shape index (κ1) is 12.5. The normalized spacial score (nSPS) is 12.6. The lowest BCUT2D eigenvalue weighted by Gasteiger charge is -2.14. The molecule has 0 spiro atoms. The van der Waals surface area contributed by atoms with Crippen molar-refractivity contribution in [2.24, 2.45) is 0 Å². The van der Waals surface area contributed by atoms with Crippen molar-refractivity contribution < 1.29 is 4.42 Å². The summed E-state index contributed by atoms with van der Waals surface area (Å²) < 4.78 is 5.27. The lowest BCUT2D eigenvalue weighted by atomic mass is 10.1. The molecular weight excluding hydrogens is 257 g/mol. The van der Waals surface area contributed by atoms with E-state index in [4.69, 9.17) is 27.6 Å². The van der Waals surface area contributed by atoms with Crippen molar-refractivity contribution in [3.63, 3.8) is 0 Å². The molecule has 4 heteroatoms. The molecule has 0 saturated heterocycles. The Morgan fingerprint density at radius 2 is 1.94 bits per heavy atom. The van der Waals surface area contributed by atoms with Crippen LogP contribution in [0.3, 0.4) is 0 Å². The van der Waals surface area contributed by atoms with Gasteiger partial charge >= 0.3 is 0 Å². The third-order valence-corrected chi connectivity index (χ3v) is 3.13. The summed E-state index contributed by atoms with van der Waals surface area (Å²) in [6.45, 7) is 2.69. The first-order valence-corrected chi connectivity index (χ1v) is 6.14. The molecule has 2 rings (SSSR count). The fourth-order valence-electron chi connectivity index (χ4n) is 1.64. The Labute approximate surface area is 111 Å². The van der Waals surface area contributed by atoms with Gasteiger partial charge in [-0.1, -0.05) is 29.8 Å². The Hall–Kier alpha value is -0.960. The molecule has 1 aromatic heterocycles. The van der Waals surface area contributed by atoms with Crippen LogP contribution in [-0.4, -0.2) is 0 Å².